The van der Waals surface area contributed by atoms with Crippen LogP contribution in [0.25, 0.3) is 44.7 Å². The maximum atomic E-state index is 16.7. The molecule has 46 heteroatoms. The van der Waals surface area contributed by atoms with Gasteiger partial charge in [-0.3, -0.25) is 18.7 Å². The second-order valence-corrected chi connectivity index (χ2v) is 46.1. The summed E-state index contributed by atoms with van der Waals surface area (Å²) in [5.74, 6) is 0.0910. The van der Waals surface area contributed by atoms with Gasteiger partial charge in [0.05, 0.1) is 87.3 Å². The van der Waals surface area contributed by atoms with E-state index < -0.39 is 115 Å². The number of halogens is 4. The largest absolute Gasteiger partial charge is 0.388 e. The second-order valence-electron chi connectivity index (χ2n) is 23.3. The standard InChI is InChI=1S/C30H31Cl2FN8O6P2S4.C21H24FN9O7P2S4/c1-14-20-7-19(40-12-37-24-28(40)38-11-39(3)29(24)42)25(14)47-49(52,53-9-16-4-5-17(31)6-18(16)32)43-8-21-26(46-48(50,51)45-20)22(33)30(44-21)41-13-36-23-15(2)34-10-35-27(23)41;1-29-5-28-19-13(20(29)33)27-6-30(19)8-2-9-14(32)15(8)37-39(41,42)34-3-10-16(38-40(43,44)36-9)11(22)21(35-10)31-7-26-12-17(23)24-4-25-18(12)31/h4-6,10-14,19-22,25-26,30H,7-9H2,1-3H3,(H,50,51);4-11,14-16,21,32H,2-3H2,1H3,(H,41,42)(H,43,44)(H2,23,24,25)/t14-,19-,20+,21-,22-,25-,26-,30-,49?;8-,9+,10-,11-,14-,15+,16-,21-/m11/s1. The molecule has 1 aromatic carbocycles. The molecule has 20 atom stereocenters. The summed E-state index contributed by atoms with van der Waals surface area (Å²) in [6, 6.07) is 4.05. The van der Waals surface area contributed by atoms with Crippen molar-refractivity contribution in [1.82, 2.24) is 77.2 Å². The summed E-state index contributed by atoms with van der Waals surface area (Å²) in [4.78, 5) is 68.2. The Balaban J connectivity index is 0.000000169. The first-order chi connectivity index (χ1) is 46.0. The number of aliphatic hydroxyl groups excluding tert-OH is 1. The van der Waals surface area contributed by atoms with Crippen molar-refractivity contribution in [2.24, 2.45) is 20.0 Å². The smallest absolute Gasteiger partial charge is 0.281 e. The zero-order valence-electron chi connectivity index (χ0n) is 50.4. The van der Waals surface area contributed by atoms with Gasteiger partial charge in [-0.05, 0) is 78.3 Å². The maximum Gasteiger partial charge on any atom is 0.281 e. The Labute approximate surface area is 597 Å². The first-order valence-electron chi connectivity index (χ1n) is 29.2. The predicted octanol–water partition coefficient (Wildman–Crippen LogP) is 8.49. The second kappa shape index (κ2) is 27.5. The van der Waals surface area contributed by atoms with Crippen molar-refractivity contribution < 1.29 is 59.6 Å². The lowest BCUT2D eigenvalue weighted by molar-refractivity contribution is -0.0467. The average Bonchev–Trinajstić information content (AvgIpc) is 1.62. The van der Waals surface area contributed by atoms with Gasteiger partial charge in [-0.1, -0.05) is 84.3 Å². The molecular formula is C51H55Cl2F2N17O13P4S8. The number of alkyl halides is 2. The van der Waals surface area contributed by atoms with E-state index in [9.17, 15) is 14.7 Å². The lowest BCUT2D eigenvalue weighted by Crippen LogP contribution is -2.37. The number of benzene rings is 1. The molecule has 2 saturated carbocycles. The molecule has 0 radical (unpaired) electrons. The van der Waals surface area contributed by atoms with Gasteiger partial charge in [0.15, 0.2) is 64.2 Å². The van der Waals surface area contributed by atoms with E-state index in [0.717, 1.165) is 5.56 Å². The molecule has 12 heterocycles. The molecule has 3 N–H and O–H groups in total. The highest BCUT2D eigenvalue weighted by Crippen LogP contribution is 2.68. The van der Waals surface area contributed by atoms with Crippen LogP contribution in [0.15, 0.2) is 78.4 Å². The Morgan fingerprint density at radius 1 is 0.608 bits per heavy atom. The number of rotatable bonds is 7. The van der Waals surface area contributed by atoms with Crippen LogP contribution in [0.2, 0.25) is 10.0 Å². The fraction of sp³-hybridized carbons (Fsp3) is 0.490. The highest BCUT2D eigenvalue weighted by molar-refractivity contribution is 8.67. The van der Waals surface area contributed by atoms with Gasteiger partial charge in [-0.2, -0.15) is 0 Å². The van der Waals surface area contributed by atoms with Crippen molar-refractivity contribution in [1.29, 1.82) is 0 Å². The Morgan fingerprint density at radius 3 is 1.70 bits per heavy atom. The average molecular weight is 1600 g/mol. The summed E-state index contributed by atoms with van der Waals surface area (Å²) in [5, 5.41) is 12.3. The van der Waals surface area contributed by atoms with Crippen LogP contribution in [0, 0.1) is 12.8 Å². The summed E-state index contributed by atoms with van der Waals surface area (Å²) >= 11 is 51.0. The lowest BCUT2D eigenvalue weighted by atomic mass is 10.1. The van der Waals surface area contributed by atoms with Crippen LogP contribution >= 0.6 is 94.1 Å². The Hall–Kier alpha value is -3.18. The van der Waals surface area contributed by atoms with Crippen molar-refractivity contribution >= 4 is 192 Å². The van der Waals surface area contributed by atoms with Crippen LogP contribution in [0.5, 0.6) is 0 Å². The van der Waals surface area contributed by atoms with Gasteiger partial charge in [0, 0.05) is 42.2 Å². The molecule has 30 nitrogen and oxygen atoms in total. The van der Waals surface area contributed by atoms with Gasteiger partial charge < -0.3 is 74.8 Å². The maximum absolute atomic E-state index is 16.7. The van der Waals surface area contributed by atoms with E-state index in [0.29, 0.717) is 44.7 Å². The van der Waals surface area contributed by atoms with Gasteiger partial charge in [0.2, 0.25) is 22.8 Å². The number of hydrogen-bond donors (Lipinski definition) is 5. The van der Waals surface area contributed by atoms with Gasteiger partial charge >= 0.3 is 0 Å². The lowest BCUT2D eigenvalue weighted by Gasteiger charge is -2.34. The van der Waals surface area contributed by atoms with Crippen LogP contribution in [-0.2, 0) is 113 Å². The van der Waals surface area contributed by atoms with E-state index in [1.807, 2.05) is 13.0 Å². The number of ether oxygens (including phenoxy) is 2. The van der Waals surface area contributed by atoms with Crippen molar-refractivity contribution in [3.63, 3.8) is 0 Å². The minimum atomic E-state index is -3.55. The quantitative estimate of drug-likeness (QED) is 0.0737. The Kier molecular flexibility index (Phi) is 20.1. The third kappa shape index (κ3) is 13.8. The minimum Gasteiger partial charge on any atom is -0.388 e. The number of imidazole rings is 4. The fourth-order valence-electron chi connectivity index (χ4n) is 12.5. The molecule has 0 amide bonds. The van der Waals surface area contributed by atoms with Gasteiger partial charge in [0.25, 0.3) is 11.1 Å². The summed E-state index contributed by atoms with van der Waals surface area (Å²) in [5.41, 5.74) is -4.71. The summed E-state index contributed by atoms with van der Waals surface area (Å²) < 4.78 is 105. The topological polar surface area (TPSA) is 331 Å². The number of fused-ring (bicyclic) bond motifs is 10. The molecular weight excluding hydrogens is 1550 g/mol. The molecule has 2 aliphatic carbocycles. The molecule has 4 unspecified atom stereocenters. The number of thiol groups is 3. The molecule has 0 spiro atoms. The number of nitrogens with two attached hydrogens (primary N) is 1. The van der Waals surface area contributed by atoms with Crippen molar-refractivity contribution in [2.45, 2.75) is 124 Å². The van der Waals surface area contributed by atoms with Gasteiger partial charge in [0.1, 0.15) is 60.3 Å². The number of hydrogen-bond acceptors (Lipinski definition) is 29. The third-order valence-electron chi connectivity index (χ3n) is 17.3. The predicted molar refractivity (Wildman–Crippen MR) is 378 cm³/mol. The Morgan fingerprint density at radius 2 is 1.10 bits per heavy atom. The molecule has 15 rings (SSSR count). The highest BCUT2D eigenvalue weighted by atomic mass is 35.5. The van der Waals surface area contributed by atoms with Crippen LogP contribution in [0.3, 0.4) is 0 Å². The van der Waals surface area contributed by atoms with E-state index in [1.54, 1.807) is 48.6 Å². The zero-order chi connectivity index (χ0) is 68.5. The van der Waals surface area contributed by atoms with Crippen LogP contribution in [0.1, 0.15) is 55.6 Å². The number of aliphatic hydroxyl groups is 1. The Bertz CT molecular complexity index is 4920. The molecule has 9 aromatic rings. The summed E-state index contributed by atoms with van der Waals surface area (Å²) in [6.07, 6.45) is -3.63. The van der Waals surface area contributed by atoms with Gasteiger partial charge in [-0.25, -0.2) is 58.6 Å². The number of aromatic nitrogens is 16. The first kappa shape index (κ1) is 70.8. The molecule has 8 aromatic heterocycles. The fourth-order valence-corrected chi connectivity index (χ4v) is 24.5. The van der Waals surface area contributed by atoms with Gasteiger partial charge in [-0.15, -0.1) is 0 Å². The molecule has 518 valence electrons. The van der Waals surface area contributed by atoms with Crippen molar-refractivity contribution in [3.8, 4) is 0 Å². The summed E-state index contributed by atoms with van der Waals surface area (Å²) in [6.45, 7) is 3.21. The number of nitrogens with zero attached hydrogens (tertiary/aromatic N) is 16. The van der Waals surface area contributed by atoms with E-state index in [-0.39, 0.29) is 70.3 Å². The normalized spacial score (nSPS) is 35.6. The van der Waals surface area contributed by atoms with Crippen LogP contribution in [0.4, 0.5) is 14.6 Å². The minimum absolute atomic E-state index is 0.105. The molecule has 6 fully saturated rings. The van der Waals surface area contributed by atoms with E-state index >= 15 is 8.78 Å². The van der Waals surface area contributed by atoms with E-state index in [1.165, 1.54) is 73.9 Å². The number of nitrogen functional groups attached to an aromatic ring is 1. The zero-order valence-corrected chi connectivity index (χ0v) is 62.2. The summed E-state index contributed by atoms with van der Waals surface area (Å²) in [7, 11) is 3.17. The molecule has 4 aliphatic heterocycles. The SMILES string of the molecule is Cc1ncnc2c1ncn2[C@@H]1O[C@@H]2COP(=S)(SCc3ccc(Cl)cc3Cl)O[C@@H]3[C@H](C)[C@H](C[C@H]3n3cnc4c(=O)n(C)cnc43)OP(=S)(S)O[C@H]2[C@H]1F.Cn1cnc2c(ncn2[C@@H]2C[C@@H]3OP(=S)(S)O[C@H]4[C@@H](F)[C@H](n5cnc6c(N)ncnc65)O[C@@H]4COP(=S)(S)O[C@@H]2[C@@H]3O)c1=O. The van der Waals surface area contributed by atoms with Crippen molar-refractivity contribution in [2.75, 3.05) is 18.9 Å². The van der Waals surface area contributed by atoms with E-state index in [2.05, 4.69) is 86.6 Å². The van der Waals surface area contributed by atoms with E-state index in [4.69, 9.17) is 122 Å². The molecule has 4 saturated heterocycles. The van der Waals surface area contributed by atoms with Crippen LogP contribution < -0.4 is 16.9 Å². The monoisotopic (exact) mass is 1600 g/mol. The molecule has 97 heavy (non-hydrogen) atoms. The highest BCUT2D eigenvalue weighted by Gasteiger charge is 2.56. The van der Waals surface area contributed by atoms with Crippen LogP contribution in [-0.4, -0.2) is 163 Å². The first-order valence-corrected chi connectivity index (χ1v) is 45.6. The third-order valence-corrected chi connectivity index (χ3v) is 29.5. The molecule has 4 bridgehead atoms. The van der Waals surface area contributed by atoms with Crippen molar-refractivity contribution in [3.05, 3.63) is 111 Å². The molecule has 6 aliphatic rings. The number of anilines is 1. The number of aryl methyl sites for hydroxylation is 3.